The summed E-state index contributed by atoms with van der Waals surface area (Å²) in [5.74, 6) is -0.361. The fraction of sp³-hybridized carbons (Fsp3) is 0.308. The van der Waals surface area contributed by atoms with Crippen LogP contribution in [0.25, 0.3) is 11.0 Å². The van der Waals surface area contributed by atoms with Gasteiger partial charge in [-0.05, 0) is 65.9 Å². The zero-order valence-corrected chi connectivity index (χ0v) is 28.0. The third kappa shape index (κ3) is 7.38. The average molecular weight is 679 g/mol. The van der Waals surface area contributed by atoms with Crippen LogP contribution in [0.3, 0.4) is 0 Å². The van der Waals surface area contributed by atoms with Crippen molar-refractivity contribution in [2.24, 2.45) is 5.92 Å². The van der Waals surface area contributed by atoms with Crippen molar-refractivity contribution in [3.05, 3.63) is 136 Å². The van der Waals surface area contributed by atoms with Crippen molar-refractivity contribution in [3.63, 3.8) is 0 Å². The molecule has 0 bridgehead atoms. The summed E-state index contributed by atoms with van der Waals surface area (Å²) in [7, 11) is 0. The fourth-order valence-electron chi connectivity index (χ4n) is 6.76. The Hall–Kier alpha value is -4.22. The van der Waals surface area contributed by atoms with Crippen LogP contribution in [0, 0.1) is 5.92 Å². The number of para-hydroxylation sites is 2. The number of aromatic nitrogens is 2. The number of aliphatic hydroxyl groups excluding tert-OH is 1. The largest absolute Gasteiger partial charge is 0.392 e. The maximum atomic E-state index is 13.2. The topological polar surface area (TPSA) is 117 Å². The summed E-state index contributed by atoms with van der Waals surface area (Å²) in [6.07, 6.45) is 1.52. The van der Waals surface area contributed by atoms with E-state index in [1.54, 1.807) is 0 Å². The molecule has 49 heavy (non-hydrogen) atoms. The summed E-state index contributed by atoms with van der Waals surface area (Å²) in [4.78, 5) is 24.4. The first-order valence-electron chi connectivity index (χ1n) is 16.6. The third-order valence-corrected chi connectivity index (χ3v) is 9.98. The highest BCUT2D eigenvalue weighted by Crippen LogP contribution is 2.43. The molecule has 4 aromatic carbocycles. The number of hydrogen-bond donors (Lipinski definition) is 3. The number of piperidine rings is 1. The minimum absolute atomic E-state index is 0.00247. The van der Waals surface area contributed by atoms with Gasteiger partial charge in [-0.15, -0.1) is 0 Å². The number of rotatable bonds is 8. The summed E-state index contributed by atoms with van der Waals surface area (Å²) in [5.41, 5.74) is 4.76. The monoisotopic (exact) mass is 678 g/mol. The predicted octanol–water partition coefficient (Wildman–Crippen LogP) is 6.80. The molecule has 5 aromatic rings. The predicted molar refractivity (Wildman–Crippen MR) is 188 cm³/mol. The van der Waals surface area contributed by atoms with Gasteiger partial charge in [0.2, 0.25) is 0 Å². The van der Waals surface area contributed by atoms with Gasteiger partial charge in [0.1, 0.15) is 5.69 Å². The molecule has 0 saturated carbocycles. The van der Waals surface area contributed by atoms with Gasteiger partial charge in [-0.3, -0.25) is 9.78 Å². The van der Waals surface area contributed by atoms with E-state index >= 15 is 0 Å². The first-order valence-corrected chi connectivity index (χ1v) is 17.0. The van der Waals surface area contributed by atoms with Gasteiger partial charge in [-0.25, -0.2) is 4.98 Å². The Morgan fingerprint density at radius 3 is 2.41 bits per heavy atom. The second-order valence-corrected chi connectivity index (χ2v) is 13.4. The van der Waals surface area contributed by atoms with E-state index in [9.17, 15) is 15.0 Å². The number of nitrogens with zero attached hydrogens (tertiary/aromatic N) is 3. The van der Waals surface area contributed by atoms with Crippen molar-refractivity contribution in [2.75, 3.05) is 25.0 Å². The number of nitrogens with one attached hydrogen (secondary N) is 1. The van der Waals surface area contributed by atoms with Crippen molar-refractivity contribution in [1.29, 1.82) is 0 Å². The molecule has 7 rings (SSSR count). The number of aliphatic hydroxyl groups is 2. The normalized spacial score (nSPS) is 22.5. The van der Waals surface area contributed by atoms with E-state index in [-0.39, 0.29) is 36.3 Å². The Bertz CT molecular complexity index is 1910. The lowest BCUT2D eigenvalue weighted by atomic mass is 9.84. The Labute approximate surface area is 290 Å². The summed E-state index contributed by atoms with van der Waals surface area (Å²) >= 11 is 6.09. The Morgan fingerprint density at radius 2 is 1.67 bits per heavy atom. The first-order chi connectivity index (χ1) is 23.8. The first kappa shape index (κ1) is 33.3. The molecule has 4 atom stereocenters. The van der Waals surface area contributed by atoms with Crippen LogP contribution in [-0.2, 0) is 21.7 Å². The number of hydrogen-bond acceptors (Lipinski definition) is 8. The number of carbonyl (C=O) groups excluding carboxylic acids is 1. The summed E-state index contributed by atoms with van der Waals surface area (Å²) in [5, 5.41) is 24.7. The van der Waals surface area contributed by atoms with Crippen molar-refractivity contribution >= 4 is 34.2 Å². The standard InChI is InChI=1S/C39H39ClN4O5/c1-25-35(23-44-19-17-39(47,18-20-44)29-13-15-30(40)16-14-29)48-38(49-36(25)27-11-9-26(24-45)10-12-27)28-5-4-6-31(21-28)42-37(46)34-22-41-32-7-2-3-8-33(32)43-34/h2-16,21-22,25,35-36,38,45,47H,17-20,23-24H2,1H3,(H,42,46)/t25-,35+,36+,38+/m0/s1. The third-order valence-electron chi connectivity index (χ3n) is 9.72. The van der Waals surface area contributed by atoms with E-state index in [0.717, 1.165) is 27.8 Å². The number of anilines is 1. The molecule has 2 saturated heterocycles. The molecule has 1 aromatic heterocycles. The van der Waals surface area contributed by atoms with Crippen LogP contribution in [-0.4, -0.2) is 56.7 Å². The number of ether oxygens (including phenoxy) is 2. The van der Waals surface area contributed by atoms with Gasteiger partial charge in [0.05, 0.1) is 41.6 Å². The van der Waals surface area contributed by atoms with E-state index in [1.165, 1.54) is 6.20 Å². The van der Waals surface area contributed by atoms with E-state index in [4.69, 9.17) is 21.1 Å². The number of carbonyl (C=O) groups is 1. The van der Waals surface area contributed by atoms with Crippen LogP contribution < -0.4 is 5.32 Å². The van der Waals surface area contributed by atoms with Gasteiger partial charge in [0.25, 0.3) is 5.91 Å². The molecule has 0 unspecified atom stereocenters. The number of benzene rings is 4. The summed E-state index contributed by atoms with van der Waals surface area (Å²) < 4.78 is 13.4. The molecule has 3 heterocycles. The van der Waals surface area contributed by atoms with Gasteiger partial charge in [0, 0.05) is 41.8 Å². The molecule has 10 heteroatoms. The van der Waals surface area contributed by atoms with Gasteiger partial charge in [-0.1, -0.05) is 79.2 Å². The smallest absolute Gasteiger partial charge is 0.275 e. The fourth-order valence-corrected chi connectivity index (χ4v) is 6.89. The highest BCUT2D eigenvalue weighted by molar-refractivity contribution is 6.30. The van der Waals surface area contributed by atoms with Crippen LogP contribution in [0.5, 0.6) is 0 Å². The maximum absolute atomic E-state index is 13.2. The molecular weight excluding hydrogens is 640 g/mol. The van der Waals surface area contributed by atoms with E-state index in [1.807, 2.05) is 97.1 Å². The number of likely N-dealkylation sites (tertiary alicyclic amines) is 1. The lowest BCUT2D eigenvalue weighted by Crippen LogP contribution is -2.49. The lowest BCUT2D eigenvalue weighted by molar-refractivity contribution is -0.277. The van der Waals surface area contributed by atoms with Crippen molar-refractivity contribution in [3.8, 4) is 0 Å². The SMILES string of the molecule is C[C@H]1[C@@H](CN2CCC(O)(c3ccc(Cl)cc3)CC2)O[C@@H](c2cccc(NC(=O)c3cnc4ccccc4n3)c2)O[C@H]1c1ccc(CO)cc1. The highest BCUT2D eigenvalue weighted by Gasteiger charge is 2.41. The zero-order valence-electron chi connectivity index (χ0n) is 27.2. The molecule has 3 N–H and O–H groups in total. The summed E-state index contributed by atoms with van der Waals surface area (Å²) in [6.45, 7) is 4.20. The second-order valence-electron chi connectivity index (χ2n) is 13.0. The highest BCUT2D eigenvalue weighted by atomic mass is 35.5. The number of fused-ring (bicyclic) bond motifs is 1. The zero-order chi connectivity index (χ0) is 34.0. The minimum Gasteiger partial charge on any atom is -0.392 e. The molecule has 252 valence electrons. The Morgan fingerprint density at radius 1 is 0.939 bits per heavy atom. The van der Waals surface area contributed by atoms with Crippen molar-refractivity contribution in [2.45, 2.75) is 50.5 Å². The quantitative estimate of drug-likeness (QED) is 0.164. The number of amides is 1. The molecular formula is C39H39ClN4O5. The molecule has 1 amide bonds. The molecule has 9 nitrogen and oxygen atoms in total. The van der Waals surface area contributed by atoms with E-state index in [2.05, 4.69) is 27.1 Å². The van der Waals surface area contributed by atoms with Crippen LogP contribution in [0.2, 0.25) is 5.02 Å². The Kier molecular flexibility index (Phi) is 9.73. The van der Waals surface area contributed by atoms with E-state index in [0.29, 0.717) is 48.7 Å². The molecule has 2 aliphatic rings. The van der Waals surface area contributed by atoms with Gasteiger partial charge in [-0.2, -0.15) is 0 Å². The van der Waals surface area contributed by atoms with E-state index < -0.39 is 11.9 Å². The van der Waals surface area contributed by atoms with Crippen molar-refractivity contribution < 1.29 is 24.5 Å². The van der Waals surface area contributed by atoms with Gasteiger partial charge >= 0.3 is 0 Å². The van der Waals surface area contributed by atoms with Crippen LogP contribution in [0.4, 0.5) is 5.69 Å². The van der Waals surface area contributed by atoms with Crippen LogP contribution >= 0.6 is 11.6 Å². The molecule has 0 radical (unpaired) electrons. The molecule has 0 spiro atoms. The summed E-state index contributed by atoms with van der Waals surface area (Å²) in [6, 6.07) is 30.2. The minimum atomic E-state index is -0.897. The lowest BCUT2D eigenvalue weighted by Gasteiger charge is -2.45. The maximum Gasteiger partial charge on any atom is 0.275 e. The average Bonchev–Trinajstić information content (AvgIpc) is 3.13. The molecule has 2 aliphatic heterocycles. The second kappa shape index (κ2) is 14.3. The van der Waals surface area contributed by atoms with Crippen LogP contribution in [0.15, 0.2) is 103 Å². The van der Waals surface area contributed by atoms with Crippen LogP contribution in [0.1, 0.15) is 64.9 Å². The van der Waals surface area contributed by atoms with Crippen molar-refractivity contribution in [1.82, 2.24) is 14.9 Å². The van der Waals surface area contributed by atoms with Gasteiger partial charge < -0.3 is 29.9 Å². The molecule has 0 aliphatic carbocycles. The van der Waals surface area contributed by atoms with Gasteiger partial charge in [0.15, 0.2) is 6.29 Å². The molecule has 2 fully saturated rings. The number of halogens is 1. The Balaban J connectivity index is 1.09.